The van der Waals surface area contributed by atoms with Crippen LogP contribution < -0.4 is 5.84 Å². The van der Waals surface area contributed by atoms with E-state index in [9.17, 15) is 4.79 Å². The van der Waals surface area contributed by atoms with Crippen LogP contribution in [-0.4, -0.2) is 11.4 Å². The SMILES string of the molecule is CC(c1ccccc1)N(N)C=O. The molecule has 1 atom stereocenters. The van der Waals surface area contributed by atoms with Gasteiger partial charge in [-0.05, 0) is 12.5 Å². The van der Waals surface area contributed by atoms with E-state index in [0.717, 1.165) is 10.6 Å². The maximum Gasteiger partial charge on any atom is 0.224 e. The molecule has 1 aromatic carbocycles. The number of benzene rings is 1. The van der Waals surface area contributed by atoms with Crippen molar-refractivity contribution >= 4 is 6.41 Å². The quantitative estimate of drug-likeness (QED) is 0.314. The van der Waals surface area contributed by atoms with E-state index in [1.165, 1.54) is 0 Å². The highest BCUT2D eigenvalue weighted by Gasteiger charge is 2.08. The molecule has 0 aliphatic rings. The van der Waals surface area contributed by atoms with Gasteiger partial charge in [-0.2, -0.15) is 0 Å². The van der Waals surface area contributed by atoms with Crippen molar-refractivity contribution in [1.29, 1.82) is 0 Å². The minimum atomic E-state index is -0.0660. The van der Waals surface area contributed by atoms with Crippen molar-refractivity contribution < 1.29 is 4.79 Å². The molecular weight excluding hydrogens is 152 g/mol. The molecule has 0 saturated carbocycles. The van der Waals surface area contributed by atoms with E-state index >= 15 is 0 Å². The van der Waals surface area contributed by atoms with Crippen molar-refractivity contribution in [2.24, 2.45) is 5.84 Å². The summed E-state index contributed by atoms with van der Waals surface area (Å²) in [7, 11) is 0. The number of carbonyl (C=O) groups excluding carboxylic acids is 1. The molecular formula is C9H12N2O. The lowest BCUT2D eigenvalue weighted by atomic mass is 10.1. The highest BCUT2D eigenvalue weighted by molar-refractivity contribution is 5.47. The zero-order valence-electron chi connectivity index (χ0n) is 6.97. The Bertz CT molecular complexity index is 248. The summed E-state index contributed by atoms with van der Waals surface area (Å²) in [5.74, 6) is 5.41. The second-order valence-electron chi connectivity index (χ2n) is 2.64. The lowest BCUT2D eigenvalue weighted by Crippen LogP contribution is -2.32. The van der Waals surface area contributed by atoms with Gasteiger partial charge in [0, 0.05) is 0 Å². The summed E-state index contributed by atoms with van der Waals surface area (Å²) in [5.41, 5.74) is 1.03. The van der Waals surface area contributed by atoms with Crippen LogP contribution in [0.2, 0.25) is 0 Å². The Hall–Kier alpha value is -1.35. The molecule has 3 heteroatoms. The van der Waals surface area contributed by atoms with Crippen molar-refractivity contribution in [3.05, 3.63) is 35.9 Å². The van der Waals surface area contributed by atoms with Crippen LogP contribution in [0.1, 0.15) is 18.5 Å². The minimum absolute atomic E-state index is 0.0660. The van der Waals surface area contributed by atoms with Gasteiger partial charge in [-0.1, -0.05) is 30.3 Å². The number of nitrogens with two attached hydrogens (primary N) is 1. The maximum atomic E-state index is 10.3. The van der Waals surface area contributed by atoms with Gasteiger partial charge < -0.3 is 0 Å². The number of hydrogen-bond acceptors (Lipinski definition) is 2. The number of hydrazine groups is 1. The molecule has 1 rings (SSSR count). The van der Waals surface area contributed by atoms with E-state index in [4.69, 9.17) is 5.84 Å². The van der Waals surface area contributed by atoms with Gasteiger partial charge in [0.1, 0.15) is 0 Å². The average molecular weight is 164 g/mol. The molecule has 0 spiro atoms. The van der Waals surface area contributed by atoms with Crippen LogP contribution in [0.4, 0.5) is 0 Å². The van der Waals surface area contributed by atoms with E-state index in [2.05, 4.69) is 0 Å². The van der Waals surface area contributed by atoms with Crippen LogP contribution >= 0.6 is 0 Å². The van der Waals surface area contributed by atoms with Crippen molar-refractivity contribution in [3.8, 4) is 0 Å². The second-order valence-corrected chi connectivity index (χ2v) is 2.64. The molecule has 0 fully saturated rings. The molecule has 2 N–H and O–H groups in total. The zero-order valence-corrected chi connectivity index (χ0v) is 6.97. The highest BCUT2D eigenvalue weighted by Crippen LogP contribution is 2.14. The first kappa shape index (κ1) is 8.74. The molecule has 64 valence electrons. The Morgan fingerprint density at radius 3 is 2.50 bits per heavy atom. The fourth-order valence-corrected chi connectivity index (χ4v) is 0.995. The first-order valence-electron chi connectivity index (χ1n) is 3.79. The van der Waals surface area contributed by atoms with Crippen molar-refractivity contribution in [2.75, 3.05) is 0 Å². The Morgan fingerprint density at radius 2 is 2.00 bits per heavy atom. The van der Waals surface area contributed by atoms with E-state index in [1.807, 2.05) is 37.3 Å². The standard InChI is InChI=1S/C9H12N2O/c1-8(11(10)7-12)9-5-3-2-4-6-9/h2-8H,10H2,1H3. The Morgan fingerprint density at radius 1 is 1.42 bits per heavy atom. The van der Waals surface area contributed by atoms with E-state index in [-0.39, 0.29) is 6.04 Å². The van der Waals surface area contributed by atoms with Gasteiger partial charge in [0.2, 0.25) is 6.41 Å². The number of amides is 1. The first-order chi connectivity index (χ1) is 5.75. The molecule has 0 aromatic heterocycles. The van der Waals surface area contributed by atoms with Crippen molar-refractivity contribution in [1.82, 2.24) is 5.01 Å². The van der Waals surface area contributed by atoms with Gasteiger partial charge in [0.05, 0.1) is 6.04 Å². The van der Waals surface area contributed by atoms with Crippen LogP contribution in [-0.2, 0) is 4.79 Å². The van der Waals surface area contributed by atoms with Crippen molar-refractivity contribution in [2.45, 2.75) is 13.0 Å². The topological polar surface area (TPSA) is 46.3 Å². The van der Waals surface area contributed by atoms with Crippen LogP contribution in [0.15, 0.2) is 30.3 Å². The summed E-state index contributed by atoms with van der Waals surface area (Å²) >= 11 is 0. The third kappa shape index (κ3) is 1.83. The smallest absolute Gasteiger partial charge is 0.224 e. The molecule has 0 aliphatic carbocycles. The summed E-state index contributed by atoms with van der Waals surface area (Å²) in [4.78, 5) is 10.3. The molecule has 0 saturated heterocycles. The molecule has 3 nitrogen and oxygen atoms in total. The number of carbonyl (C=O) groups is 1. The molecule has 12 heavy (non-hydrogen) atoms. The predicted molar refractivity (Wildman–Crippen MR) is 46.9 cm³/mol. The van der Waals surface area contributed by atoms with Crippen LogP contribution in [0.3, 0.4) is 0 Å². The average Bonchev–Trinajstić information content (AvgIpc) is 2.17. The fraction of sp³-hybridized carbons (Fsp3) is 0.222. The molecule has 0 heterocycles. The first-order valence-corrected chi connectivity index (χ1v) is 3.79. The van der Waals surface area contributed by atoms with Crippen LogP contribution in [0.5, 0.6) is 0 Å². The molecule has 0 aliphatic heterocycles. The van der Waals surface area contributed by atoms with Gasteiger partial charge in [-0.15, -0.1) is 0 Å². The lowest BCUT2D eigenvalue weighted by molar-refractivity contribution is -0.120. The Balaban J connectivity index is 2.78. The monoisotopic (exact) mass is 164 g/mol. The molecule has 0 bridgehead atoms. The summed E-state index contributed by atoms with van der Waals surface area (Å²) in [6, 6.07) is 9.58. The molecule has 1 aromatic rings. The Kier molecular flexibility index (Phi) is 2.82. The van der Waals surface area contributed by atoms with Gasteiger partial charge in [-0.3, -0.25) is 9.80 Å². The van der Waals surface area contributed by atoms with Gasteiger partial charge in [0.15, 0.2) is 0 Å². The molecule has 1 unspecified atom stereocenters. The van der Waals surface area contributed by atoms with E-state index in [0.29, 0.717) is 6.41 Å². The number of nitrogens with zero attached hydrogens (tertiary/aromatic N) is 1. The predicted octanol–water partition coefficient (Wildman–Crippen LogP) is 1.08. The second kappa shape index (κ2) is 3.88. The summed E-state index contributed by atoms with van der Waals surface area (Å²) < 4.78 is 0. The van der Waals surface area contributed by atoms with E-state index in [1.54, 1.807) is 0 Å². The molecule has 1 amide bonds. The van der Waals surface area contributed by atoms with Crippen LogP contribution in [0.25, 0.3) is 0 Å². The summed E-state index contributed by atoms with van der Waals surface area (Å²) in [6.07, 6.45) is 0.623. The third-order valence-electron chi connectivity index (χ3n) is 1.85. The lowest BCUT2D eigenvalue weighted by Gasteiger charge is -2.19. The third-order valence-corrected chi connectivity index (χ3v) is 1.85. The minimum Gasteiger partial charge on any atom is -0.277 e. The normalized spacial score (nSPS) is 12.2. The van der Waals surface area contributed by atoms with Crippen molar-refractivity contribution in [3.63, 3.8) is 0 Å². The van der Waals surface area contributed by atoms with E-state index < -0.39 is 0 Å². The summed E-state index contributed by atoms with van der Waals surface area (Å²) in [6.45, 7) is 1.88. The maximum absolute atomic E-state index is 10.3. The van der Waals surface area contributed by atoms with Gasteiger partial charge >= 0.3 is 0 Å². The Labute approximate surface area is 71.8 Å². The zero-order chi connectivity index (χ0) is 8.97. The van der Waals surface area contributed by atoms with Gasteiger partial charge in [-0.25, -0.2) is 5.84 Å². The largest absolute Gasteiger partial charge is 0.277 e. The van der Waals surface area contributed by atoms with Gasteiger partial charge in [0.25, 0.3) is 0 Å². The fourth-order valence-electron chi connectivity index (χ4n) is 0.995. The highest BCUT2D eigenvalue weighted by atomic mass is 16.1. The number of hydrogen-bond donors (Lipinski definition) is 1. The van der Waals surface area contributed by atoms with Crippen LogP contribution in [0, 0.1) is 0 Å². The summed E-state index contributed by atoms with van der Waals surface area (Å²) in [5, 5.41) is 1.15. The number of rotatable bonds is 3. The molecule has 0 radical (unpaired) electrons.